The van der Waals surface area contributed by atoms with E-state index in [9.17, 15) is 4.79 Å². The molecule has 3 heteroatoms. The Morgan fingerprint density at radius 2 is 1.84 bits per heavy atom. The largest absolute Gasteiger partial charge is 0.481 e. The molecule has 0 fully saturated rings. The van der Waals surface area contributed by atoms with E-state index in [2.05, 4.69) is 12.1 Å². The van der Waals surface area contributed by atoms with Gasteiger partial charge in [-0.2, -0.15) is 0 Å². The van der Waals surface area contributed by atoms with Crippen LogP contribution in [0.15, 0.2) is 48.5 Å². The second-order valence-corrected chi connectivity index (χ2v) is 4.69. The van der Waals surface area contributed by atoms with Gasteiger partial charge in [0.1, 0.15) is 0 Å². The zero-order valence-corrected chi connectivity index (χ0v) is 10.8. The first-order chi connectivity index (χ1) is 9.08. The Labute approximate surface area is 112 Å². The van der Waals surface area contributed by atoms with E-state index in [1.165, 1.54) is 5.56 Å². The number of benzene rings is 2. The summed E-state index contributed by atoms with van der Waals surface area (Å²) in [6, 6.07) is 15.7. The maximum Gasteiger partial charge on any atom is 0.310 e. The van der Waals surface area contributed by atoms with E-state index in [1.807, 2.05) is 30.3 Å². The number of aliphatic carboxylic acids is 1. The third-order valence-corrected chi connectivity index (χ3v) is 3.24. The number of carboxylic acid groups (broad SMARTS) is 1. The maximum absolute atomic E-state index is 11.1. The third kappa shape index (κ3) is 3.13. The minimum atomic E-state index is -0.858. The summed E-state index contributed by atoms with van der Waals surface area (Å²) in [5.74, 6) is -1.45. The molecule has 19 heavy (non-hydrogen) atoms. The Morgan fingerprint density at radius 3 is 2.47 bits per heavy atom. The third-order valence-electron chi connectivity index (χ3n) is 3.24. The van der Waals surface area contributed by atoms with Crippen LogP contribution in [0.1, 0.15) is 29.5 Å². The van der Waals surface area contributed by atoms with Crippen LogP contribution in [0.5, 0.6) is 0 Å². The van der Waals surface area contributed by atoms with Crippen LogP contribution in [0.4, 0.5) is 5.69 Å². The molecule has 2 aromatic carbocycles. The van der Waals surface area contributed by atoms with Crippen LogP contribution >= 0.6 is 0 Å². The fourth-order valence-electron chi connectivity index (χ4n) is 2.07. The summed E-state index contributed by atoms with van der Waals surface area (Å²) >= 11 is 0. The number of nitrogens with two attached hydrogens (primary N) is 1. The Balaban J connectivity index is 2.28. The molecule has 0 spiro atoms. The molecular formula is C16H17NO2. The molecule has 0 aliphatic carbocycles. The predicted molar refractivity (Wildman–Crippen MR) is 76.2 cm³/mol. The van der Waals surface area contributed by atoms with Gasteiger partial charge in [0.25, 0.3) is 0 Å². The van der Waals surface area contributed by atoms with Gasteiger partial charge in [-0.3, -0.25) is 4.79 Å². The van der Waals surface area contributed by atoms with E-state index >= 15 is 0 Å². The van der Waals surface area contributed by atoms with Crippen LogP contribution in [-0.4, -0.2) is 11.1 Å². The van der Waals surface area contributed by atoms with Crippen molar-refractivity contribution >= 4 is 11.7 Å². The fourth-order valence-corrected chi connectivity index (χ4v) is 2.07. The van der Waals surface area contributed by atoms with E-state index in [0.717, 1.165) is 12.0 Å². The summed E-state index contributed by atoms with van der Waals surface area (Å²) in [6.45, 7) is 1.65. The lowest BCUT2D eigenvalue weighted by atomic mass is 9.95. The smallest absolute Gasteiger partial charge is 0.310 e. The Kier molecular flexibility index (Phi) is 3.85. The van der Waals surface area contributed by atoms with Crippen LogP contribution in [-0.2, 0) is 11.2 Å². The zero-order valence-electron chi connectivity index (χ0n) is 10.8. The van der Waals surface area contributed by atoms with Gasteiger partial charge >= 0.3 is 5.97 Å². The van der Waals surface area contributed by atoms with Gasteiger partial charge in [-0.15, -0.1) is 0 Å². The summed E-state index contributed by atoms with van der Waals surface area (Å²) in [5, 5.41) is 9.08. The van der Waals surface area contributed by atoms with Gasteiger partial charge < -0.3 is 10.8 Å². The Bertz CT molecular complexity index is 579. The van der Waals surface area contributed by atoms with Gasteiger partial charge in [-0.05, 0) is 36.1 Å². The van der Waals surface area contributed by atoms with E-state index < -0.39 is 11.9 Å². The van der Waals surface area contributed by atoms with Crippen molar-refractivity contribution in [1.82, 2.24) is 0 Å². The van der Waals surface area contributed by atoms with E-state index in [0.29, 0.717) is 11.3 Å². The molecule has 3 nitrogen and oxygen atoms in total. The number of carboxylic acids is 1. The van der Waals surface area contributed by atoms with Crippen LogP contribution in [0, 0.1) is 0 Å². The quantitative estimate of drug-likeness (QED) is 0.825. The number of anilines is 1. The SMILES string of the molecule is CC(C(=O)O)c1cc(Cc2ccccc2)ccc1N. The van der Waals surface area contributed by atoms with Gasteiger partial charge in [-0.25, -0.2) is 0 Å². The lowest BCUT2D eigenvalue weighted by molar-refractivity contribution is -0.138. The summed E-state index contributed by atoms with van der Waals surface area (Å²) in [4.78, 5) is 11.1. The number of hydrogen-bond acceptors (Lipinski definition) is 2. The lowest BCUT2D eigenvalue weighted by Gasteiger charge is -2.12. The molecule has 1 unspecified atom stereocenters. The molecule has 0 heterocycles. The van der Waals surface area contributed by atoms with Crippen LogP contribution < -0.4 is 5.73 Å². The average molecular weight is 255 g/mol. The molecule has 2 rings (SSSR count). The van der Waals surface area contributed by atoms with Crippen molar-refractivity contribution < 1.29 is 9.90 Å². The highest BCUT2D eigenvalue weighted by Crippen LogP contribution is 2.24. The lowest BCUT2D eigenvalue weighted by Crippen LogP contribution is -2.10. The molecule has 0 saturated carbocycles. The second kappa shape index (κ2) is 5.57. The summed E-state index contributed by atoms with van der Waals surface area (Å²) in [6.07, 6.45) is 0.778. The van der Waals surface area contributed by atoms with Crippen LogP contribution in [0.3, 0.4) is 0 Å². The molecule has 2 aromatic rings. The summed E-state index contributed by atoms with van der Waals surface area (Å²) in [5.41, 5.74) is 9.34. The topological polar surface area (TPSA) is 63.3 Å². The number of nitrogen functional groups attached to an aromatic ring is 1. The average Bonchev–Trinajstić information content (AvgIpc) is 2.41. The van der Waals surface area contributed by atoms with E-state index in [1.54, 1.807) is 13.0 Å². The van der Waals surface area contributed by atoms with Gasteiger partial charge in [0, 0.05) is 5.69 Å². The number of rotatable bonds is 4. The van der Waals surface area contributed by atoms with Crippen molar-refractivity contribution in [2.45, 2.75) is 19.3 Å². The minimum Gasteiger partial charge on any atom is -0.481 e. The molecule has 98 valence electrons. The first-order valence-corrected chi connectivity index (χ1v) is 6.23. The first-order valence-electron chi connectivity index (χ1n) is 6.23. The molecule has 1 atom stereocenters. The predicted octanol–water partition coefficient (Wildman–Crippen LogP) is 3.05. The van der Waals surface area contributed by atoms with Gasteiger partial charge in [0.15, 0.2) is 0 Å². The van der Waals surface area contributed by atoms with Gasteiger partial charge in [0.2, 0.25) is 0 Å². The molecule has 3 N–H and O–H groups in total. The standard InChI is InChI=1S/C16H17NO2/c1-11(16(18)19)14-10-13(7-8-15(14)17)9-12-5-3-2-4-6-12/h2-8,10-11H,9,17H2,1H3,(H,18,19). The van der Waals surface area contributed by atoms with E-state index in [4.69, 9.17) is 10.8 Å². The molecule has 0 aliphatic rings. The molecular weight excluding hydrogens is 238 g/mol. The second-order valence-electron chi connectivity index (χ2n) is 4.69. The number of carbonyl (C=O) groups is 1. The van der Waals surface area contributed by atoms with Crippen molar-refractivity contribution in [3.63, 3.8) is 0 Å². The van der Waals surface area contributed by atoms with Crippen molar-refractivity contribution in [2.24, 2.45) is 0 Å². The van der Waals surface area contributed by atoms with Gasteiger partial charge in [-0.1, -0.05) is 42.5 Å². The molecule has 0 aliphatic heterocycles. The summed E-state index contributed by atoms with van der Waals surface area (Å²) in [7, 11) is 0. The molecule has 0 aromatic heterocycles. The normalized spacial score (nSPS) is 12.1. The monoisotopic (exact) mass is 255 g/mol. The molecule has 0 radical (unpaired) electrons. The fraction of sp³-hybridized carbons (Fsp3) is 0.188. The highest BCUT2D eigenvalue weighted by atomic mass is 16.4. The molecule has 0 bridgehead atoms. The van der Waals surface area contributed by atoms with Crippen molar-refractivity contribution in [3.8, 4) is 0 Å². The number of hydrogen-bond donors (Lipinski definition) is 2. The van der Waals surface area contributed by atoms with Crippen molar-refractivity contribution in [2.75, 3.05) is 5.73 Å². The van der Waals surface area contributed by atoms with Crippen molar-refractivity contribution in [3.05, 3.63) is 65.2 Å². The molecule has 0 saturated heterocycles. The highest BCUT2D eigenvalue weighted by molar-refractivity contribution is 5.78. The van der Waals surface area contributed by atoms with Gasteiger partial charge in [0.05, 0.1) is 5.92 Å². The first kappa shape index (κ1) is 13.1. The highest BCUT2D eigenvalue weighted by Gasteiger charge is 2.16. The van der Waals surface area contributed by atoms with Crippen molar-refractivity contribution in [1.29, 1.82) is 0 Å². The maximum atomic E-state index is 11.1. The minimum absolute atomic E-state index is 0.534. The Morgan fingerprint density at radius 1 is 1.16 bits per heavy atom. The Hall–Kier alpha value is -2.29. The molecule has 0 amide bonds. The van der Waals surface area contributed by atoms with Crippen LogP contribution in [0.25, 0.3) is 0 Å². The summed E-state index contributed by atoms with van der Waals surface area (Å²) < 4.78 is 0. The zero-order chi connectivity index (χ0) is 13.8. The van der Waals surface area contributed by atoms with E-state index in [-0.39, 0.29) is 0 Å². The van der Waals surface area contributed by atoms with Crippen LogP contribution in [0.2, 0.25) is 0 Å².